The number of phenolic OH excluding ortho intramolecular Hbond substituents is 1. The molecule has 124 valence electrons. The molecule has 4 nitrogen and oxygen atoms in total. The summed E-state index contributed by atoms with van der Waals surface area (Å²) in [5.41, 5.74) is 2.45. The van der Waals surface area contributed by atoms with Gasteiger partial charge in [-0.1, -0.05) is 35.0 Å². The first kappa shape index (κ1) is 17.4. The summed E-state index contributed by atoms with van der Waals surface area (Å²) in [4.78, 5) is 13.2. The van der Waals surface area contributed by atoms with Gasteiger partial charge in [0.05, 0.1) is 15.0 Å². The first-order valence-corrected chi connectivity index (χ1v) is 8.89. The third kappa shape index (κ3) is 2.95. The molecule has 0 bridgehead atoms. The first-order valence-electron chi connectivity index (χ1n) is 6.91. The summed E-state index contributed by atoms with van der Waals surface area (Å²) in [6.07, 6.45) is 1.66. The summed E-state index contributed by atoms with van der Waals surface area (Å²) in [5.74, 6) is -0.394. The lowest BCUT2D eigenvalue weighted by Gasteiger charge is -2.20. The summed E-state index contributed by atoms with van der Waals surface area (Å²) in [7, 11) is 0. The topological polar surface area (TPSA) is 45.5 Å². The molecule has 1 aromatic carbocycles. The second-order valence-electron chi connectivity index (χ2n) is 5.25. The molecule has 0 radical (unpaired) electrons. The Kier molecular flexibility index (Phi) is 4.66. The number of nitrogens with zero attached hydrogens (tertiary/aromatic N) is 2. The Morgan fingerprint density at radius 2 is 1.71 bits per heavy atom. The number of aryl methyl sites for hydroxylation is 2. The van der Waals surface area contributed by atoms with Crippen molar-refractivity contribution in [3.63, 3.8) is 0 Å². The van der Waals surface area contributed by atoms with Crippen LogP contribution < -0.4 is 5.01 Å². The lowest BCUT2D eigenvalue weighted by atomic mass is 10.2. The van der Waals surface area contributed by atoms with Gasteiger partial charge in [0.1, 0.15) is 0 Å². The predicted molar refractivity (Wildman–Crippen MR) is 103 cm³/mol. The van der Waals surface area contributed by atoms with Crippen LogP contribution in [0.3, 0.4) is 0 Å². The van der Waals surface area contributed by atoms with Crippen molar-refractivity contribution in [1.29, 1.82) is 0 Å². The zero-order chi connectivity index (χ0) is 17.6. The Balaban J connectivity index is 2.00. The van der Waals surface area contributed by atoms with Crippen LogP contribution in [-0.4, -0.2) is 20.0 Å². The monoisotopic (exact) mass is 398 g/mol. The summed E-state index contributed by atoms with van der Waals surface area (Å²) < 4.78 is 2.24. The number of thioether (sulfide) groups is 1. The molecule has 1 fully saturated rings. The number of rotatable bonds is 2. The summed E-state index contributed by atoms with van der Waals surface area (Å²) >= 11 is 18.4. The van der Waals surface area contributed by atoms with Crippen LogP contribution in [0.5, 0.6) is 5.75 Å². The van der Waals surface area contributed by atoms with Gasteiger partial charge < -0.3 is 5.11 Å². The van der Waals surface area contributed by atoms with E-state index in [-0.39, 0.29) is 21.7 Å². The van der Waals surface area contributed by atoms with E-state index >= 15 is 0 Å². The summed E-state index contributed by atoms with van der Waals surface area (Å²) in [5, 5.41) is 11.3. The largest absolute Gasteiger partial charge is 0.505 e. The smallest absolute Gasteiger partial charge is 0.285 e. The Labute approximate surface area is 158 Å². The molecule has 1 saturated heterocycles. The number of benzene rings is 1. The van der Waals surface area contributed by atoms with Crippen molar-refractivity contribution in [2.75, 3.05) is 5.01 Å². The Bertz CT molecular complexity index is 863. The maximum absolute atomic E-state index is 12.8. The highest BCUT2D eigenvalue weighted by Crippen LogP contribution is 2.36. The van der Waals surface area contributed by atoms with Crippen molar-refractivity contribution in [3.8, 4) is 5.75 Å². The van der Waals surface area contributed by atoms with Crippen molar-refractivity contribution in [2.45, 2.75) is 13.8 Å². The lowest BCUT2D eigenvalue weighted by molar-refractivity contribution is -0.114. The molecule has 0 atom stereocenters. The number of hydrogen-bond acceptors (Lipinski definition) is 4. The summed E-state index contributed by atoms with van der Waals surface area (Å²) in [6, 6.07) is 6.94. The average Bonchev–Trinajstić information content (AvgIpc) is 2.97. The minimum Gasteiger partial charge on any atom is -0.505 e. The van der Waals surface area contributed by atoms with Gasteiger partial charge in [0, 0.05) is 11.4 Å². The number of phenols is 1. The van der Waals surface area contributed by atoms with E-state index in [1.54, 1.807) is 22.9 Å². The van der Waals surface area contributed by atoms with Crippen molar-refractivity contribution >= 4 is 63.5 Å². The predicted octanol–water partition coefficient (Wildman–Crippen LogP) is 4.65. The quantitative estimate of drug-likeness (QED) is 0.590. The van der Waals surface area contributed by atoms with Gasteiger partial charge in [-0.3, -0.25) is 9.47 Å². The van der Waals surface area contributed by atoms with Crippen molar-refractivity contribution in [2.24, 2.45) is 0 Å². The molecule has 3 rings (SSSR count). The van der Waals surface area contributed by atoms with Crippen LogP contribution in [0.15, 0.2) is 29.2 Å². The number of hydrogen-bond donors (Lipinski definition) is 1. The van der Waals surface area contributed by atoms with E-state index in [2.05, 4.69) is 0 Å². The molecule has 2 heterocycles. The van der Waals surface area contributed by atoms with Gasteiger partial charge in [-0.15, -0.1) is 0 Å². The van der Waals surface area contributed by atoms with Gasteiger partial charge in [-0.05, 0) is 62.0 Å². The molecule has 24 heavy (non-hydrogen) atoms. The van der Waals surface area contributed by atoms with Crippen LogP contribution in [0, 0.1) is 13.8 Å². The first-order chi connectivity index (χ1) is 11.3. The van der Waals surface area contributed by atoms with Gasteiger partial charge in [0.25, 0.3) is 5.91 Å². The van der Waals surface area contributed by atoms with Gasteiger partial charge >= 0.3 is 0 Å². The number of carbonyl (C=O) groups excluding carboxylic acids is 1. The van der Waals surface area contributed by atoms with Crippen LogP contribution in [0.1, 0.15) is 17.0 Å². The molecule has 1 aliphatic rings. The normalized spacial score (nSPS) is 16.5. The van der Waals surface area contributed by atoms with Gasteiger partial charge in [0.2, 0.25) is 0 Å². The highest BCUT2D eigenvalue weighted by molar-refractivity contribution is 8.27. The maximum Gasteiger partial charge on any atom is 0.285 e. The Morgan fingerprint density at radius 3 is 2.25 bits per heavy atom. The van der Waals surface area contributed by atoms with E-state index in [4.69, 9.17) is 35.4 Å². The minimum absolute atomic E-state index is 0.126. The number of carbonyl (C=O) groups is 1. The molecule has 0 saturated carbocycles. The fraction of sp³-hybridized carbons (Fsp3) is 0.125. The number of aromatic hydroxyl groups is 1. The third-order valence-electron chi connectivity index (χ3n) is 3.54. The molecule has 1 aliphatic heterocycles. The highest BCUT2D eigenvalue weighted by atomic mass is 35.5. The van der Waals surface area contributed by atoms with Crippen LogP contribution in [-0.2, 0) is 4.79 Å². The Hall–Kier alpha value is -1.47. The number of aromatic nitrogens is 1. The van der Waals surface area contributed by atoms with Gasteiger partial charge in [0.15, 0.2) is 10.1 Å². The number of thiocarbonyl (C=S) groups is 1. The fourth-order valence-electron chi connectivity index (χ4n) is 2.43. The SMILES string of the molecule is Cc1ccc(C)n1N1C(=O)/C(=C/c2cc(Cl)c(O)c(Cl)c2)SC1=S. The fourth-order valence-corrected chi connectivity index (χ4v) is 4.17. The van der Waals surface area contributed by atoms with E-state index in [1.807, 2.05) is 26.0 Å². The van der Waals surface area contributed by atoms with E-state index in [1.165, 1.54) is 16.8 Å². The van der Waals surface area contributed by atoms with Gasteiger partial charge in [-0.2, -0.15) is 5.01 Å². The van der Waals surface area contributed by atoms with Crippen LogP contribution in [0.25, 0.3) is 6.08 Å². The van der Waals surface area contributed by atoms with Crippen LogP contribution >= 0.6 is 47.2 Å². The van der Waals surface area contributed by atoms with Crippen molar-refractivity contribution < 1.29 is 9.90 Å². The highest BCUT2D eigenvalue weighted by Gasteiger charge is 2.34. The minimum atomic E-state index is -0.215. The van der Waals surface area contributed by atoms with E-state index in [9.17, 15) is 9.90 Å². The Morgan fingerprint density at radius 1 is 1.17 bits per heavy atom. The molecule has 8 heteroatoms. The van der Waals surface area contributed by atoms with Crippen molar-refractivity contribution in [3.05, 3.63) is 56.2 Å². The molecule has 1 amide bonds. The molecule has 1 N–H and O–H groups in total. The number of halogens is 2. The second kappa shape index (κ2) is 6.44. The molecule has 0 aliphatic carbocycles. The van der Waals surface area contributed by atoms with Crippen molar-refractivity contribution in [1.82, 2.24) is 4.68 Å². The number of amides is 1. The van der Waals surface area contributed by atoms with E-state index in [0.29, 0.717) is 14.8 Å². The molecule has 2 aromatic rings. The van der Waals surface area contributed by atoms with E-state index in [0.717, 1.165) is 11.4 Å². The maximum atomic E-state index is 12.8. The van der Waals surface area contributed by atoms with Gasteiger partial charge in [-0.25, -0.2) is 0 Å². The third-order valence-corrected chi connectivity index (χ3v) is 5.40. The average molecular weight is 399 g/mol. The molecule has 1 aromatic heterocycles. The van der Waals surface area contributed by atoms with Crippen LogP contribution in [0.4, 0.5) is 0 Å². The molecular formula is C16H12Cl2N2O2S2. The summed E-state index contributed by atoms with van der Waals surface area (Å²) in [6.45, 7) is 3.82. The molecule has 0 spiro atoms. The standard InChI is InChI=1S/C16H12Cl2N2O2S2/c1-8-3-4-9(2)19(8)20-15(22)13(24-16(20)23)7-10-5-11(17)14(21)12(18)6-10/h3-7,21H,1-2H3/b13-7-. The van der Waals surface area contributed by atoms with E-state index < -0.39 is 0 Å². The lowest BCUT2D eigenvalue weighted by Crippen LogP contribution is -2.39. The molecular weight excluding hydrogens is 387 g/mol. The van der Waals surface area contributed by atoms with Crippen LogP contribution in [0.2, 0.25) is 10.0 Å². The second-order valence-corrected chi connectivity index (χ2v) is 7.74. The zero-order valence-corrected chi connectivity index (χ0v) is 15.9. The molecule has 0 unspecified atom stereocenters. The zero-order valence-electron chi connectivity index (χ0n) is 12.7.